The third-order valence-corrected chi connectivity index (χ3v) is 4.75. The molecule has 0 aliphatic heterocycles. The van der Waals surface area contributed by atoms with Crippen LogP contribution < -0.4 is 4.74 Å². The average Bonchev–Trinajstić information content (AvgIpc) is 2.45. The predicted molar refractivity (Wildman–Crippen MR) is 85.4 cm³/mol. The molecule has 0 fully saturated rings. The Bertz CT molecular complexity index is 704. The van der Waals surface area contributed by atoms with Crippen molar-refractivity contribution in [3.8, 4) is 5.75 Å². The number of benzene rings is 1. The summed E-state index contributed by atoms with van der Waals surface area (Å²) in [5, 5.41) is 9.16. The first-order valence-corrected chi connectivity index (χ1v) is 8.48. The van der Waals surface area contributed by atoms with Gasteiger partial charge in [0.05, 0.1) is 12.0 Å². The smallest absolute Gasteiger partial charge is 0.425 e. The summed E-state index contributed by atoms with van der Waals surface area (Å²) < 4.78 is 35.7. The van der Waals surface area contributed by atoms with E-state index in [1.165, 1.54) is 31.4 Å². The maximum atomic E-state index is 12.7. The summed E-state index contributed by atoms with van der Waals surface area (Å²) in [5.41, 5.74) is -0.983. The van der Waals surface area contributed by atoms with Gasteiger partial charge in [0.1, 0.15) is 17.4 Å². The molecule has 1 aromatic rings. The zero-order valence-electron chi connectivity index (χ0n) is 14.1. The number of methoxy groups -OCH3 is 1. The molecule has 0 heterocycles. The molecule has 0 saturated carbocycles. The molecule has 1 N–H and O–H groups in total. The van der Waals surface area contributed by atoms with Gasteiger partial charge < -0.3 is 14.6 Å². The molecule has 0 spiro atoms. The zero-order chi connectivity index (χ0) is 18.7. The van der Waals surface area contributed by atoms with Crippen molar-refractivity contribution < 1.29 is 32.6 Å². The first-order valence-electron chi connectivity index (χ1n) is 7.04. The summed E-state index contributed by atoms with van der Waals surface area (Å²) >= 11 is 0. The third-order valence-electron chi connectivity index (χ3n) is 2.90. The Labute approximate surface area is 141 Å². The highest BCUT2D eigenvalue weighted by Gasteiger charge is 2.39. The lowest BCUT2D eigenvalue weighted by atomic mass is 10.2. The summed E-state index contributed by atoms with van der Waals surface area (Å²) in [4.78, 5) is 23.3. The van der Waals surface area contributed by atoms with Crippen molar-refractivity contribution in [3.05, 3.63) is 24.3 Å². The number of carboxylic acids is 1. The lowest BCUT2D eigenvalue weighted by Crippen LogP contribution is -2.48. The number of hydrogen-bond donors (Lipinski definition) is 1. The summed E-state index contributed by atoms with van der Waals surface area (Å²) in [5.74, 6) is -1.05. The molecule has 0 saturated heterocycles. The van der Waals surface area contributed by atoms with Crippen molar-refractivity contribution in [2.75, 3.05) is 7.11 Å². The maximum absolute atomic E-state index is 12.7. The lowest BCUT2D eigenvalue weighted by molar-refractivity contribution is -0.140. The van der Waals surface area contributed by atoms with E-state index in [0.29, 0.717) is 5.75 Å². The topological polar surface area (TPSA) is 110 Å². The second-order valence-electron chi connectivity index (χ2n) is 5.97. The van der Waals surface area contributed by atoms with E-state index in [1.807, 2.05) is 0 Å². The van der Waals surface area contributed by atoms with Gasteiger partial charge in [0.25, 0.3) is 10.0 Å². The van der Waals surface area contributed by atoms with Crippen LogP contribution in [0.15, 0.2) is 29.2 Å². The minimum atomic E-state index is -4.42. The Hall–Kier alpha value is -2.29. The molecule has 0 radical (unpaired) electrons. The van der Waals surface area contributed by atoms with Crippen LogP contribution in [0.1, 0.15) is 27.7 Å². The molecule has 1 rings (SSSR count). The second-order valence-corrected chi connectivity index (χ2v) is 7.79. The van der Waals surface area contributed by atoms with Crippen LogP contribution in [0.2, 0.25) is 0 Å². The van der Waals surface area contributed by atoms with Crippen molar-refractivity contribution in [1.29, 1.82) is 0 Å². The Morgan fingerprint density at radius 2 is 1.67 bits per heavy atom. The fourth-order valence-electron chi connectivity index (χ4n) is 1.73. The van der Waals surface area contributed by atoms with Crippen LogP contribution in [0.3, 0.4) is 0 Å². The molecule has 134 valence electrons. The van der Waals surface area contributed by atoms with E-state index in [9.17, 15) is 18.0 Å². The molecule has 1 atom stereocenters. The number of carbonyl (C=O) groups excluding carboxylic acids is 1. The number of aliphatic carboxylic acids is 1. The van der Waals surface area contributed by atoms with Gasteiger partial charge in [0, 0.05) is 0 Å². The highest BCUT2D eigenvalue weighted by molar-refractivity contribution is 7.89. The molecule has 9 heteroatoms. The van der Waals surface area contributed by atoms with Crippen molar-refractivity contribution in [3.63, 3.8) is 0 Å². The number of nitrogens with zero attached hydrogens (tertiary/aromatic N) is 1. The minimum absolute atomic E-state index is 0.225. The molecule has 1 unspecified atom stereocenters. The molecular weight excluding hydrogens is 338 g/mol. The average molecular weight is 359 g/mol. The van der Waals surface area contributed by atoms with E-state index in [0.717, 1.165) is 6.92 Å². The van der Waals surface area contributed by atoms with Gasteiger partial charge in [-0.15, -0.1) is 0 Å². The van der Waals surface area contributed by atoms with Crippen LogP contribution >= 0.6 is 0 Å². The SMILES string of the molecule is COc1ccc(S(=O)(=O)N(C(=O)OC(C)(C)C)C(C)C(=O)O)cc1. The van der Waals surface area contributed by atoms with E-state index in [4.69, 9.17) is 14.6 Å². The Morgan fingerprint density at radius 1 is 1.17 bits per heavy atom. The van der Waals surface area contributed by atoms with Crippen LogP contribution in [-0.2, 0) is 19.6 Å². The minimum Gasteiger partial charge on any atom is -0.497 e. The Morgan fingerprint density at radius 3 is 2.04 bits per heavy atom. The number of ether oxygens (including phenoxy) is 2. The third kappa shape index (κ3) is 4.60. The predicted octanol–water partition coefficient (Wildman–Crippen LogP) is 2.09. The highest BCUT2D eigenvalue weighted by Crippen LogP contribution is 2.23. The van der Waals surface area contributed by atoms with Gasteiger partial charge >= 0.3 is 12.1 Å². The normalized spacial score (nSPS) is 13.0. The zero-order valence-corrected chi connectivity index (χ0v) is 15.0. The molecule has 1 aromatic carbocycles. The summed E-state index contributed by atoms with van der Waals surface area (Å²) in [6.07, 6.45) is -1.26. The maximum Gasteiger partial charge on any atom is 0.425 e. The van der Waals surface area contributed by atoms with Gasteiger partial charge in [0.15, 0.2) is 0 Å². The number of sulfonamides is 1. The first kappa shape index (κ1) is 19.8. The van der Waals surface area contributed by atoms with Gasteiger partial charge in [0.2, 0.25) is 0 Å². The van der Waals surface area contributed by atoms with Crippen molar-refractivity contribution in [1.82, 2.24) is 4.31 Å². The van der Waals surface area contributed by atoms with E-state index in [2.05, 4.69) is 0 Å². The fraction of sp³-hybridized carbons (Fsp3) is 0.467. The van der Waals surface area contributed by atoms with E-state index in [1.54, 1.807) is 20.8 Å². The van der Waals surface area contributed by atoms with Crippen molar-refractivity contribution in [2.45, 2.75) is 44.2 Å². The first-order chi connectivity index (χ1) is 10.9. The molecule has 24 heavy (non-hydrogen) atoms. The quantitative estimate of drug-likeness (QED) is 0.857. The molecule has 0 aliphatic rings. The van der Waals surface area contributed by atoms with Crippen LogP contribution in [-0.4, -0.2) is 48.6 Å². The lowest BCUT2D eigenvalue weighted by Gasteiger charge is -2.29. The molecule has 8 nitrogen and oxygen atoms in total. The fourth-order valence-corrected chi connectivity index (χ4v) is 3.18. The molecular formula is C15H21NO7S. The number of rotatable bonds is 5. The number of carbonyl (C=O) groups is 2. The van der Waals surface area contributed by atoms with Crippen LogP contribution in [0.4, 0.5) is 4.79 Å². The van der Waals surface area contributed by atoms with Crippen LogP contribution in [0, 0.1) is 0 Å². The largest absolute Gasteiger partial charge is 0.497 e. The summed E-state index contributed by atoms with van der Waals surface area (Å²) in [7, 11) is -3.00. The number of hydrogen-bond acceptors (Lipinski definition) is 6. The van der Waals surface area contributed by atoms with Gasteiger partial charge in [-0.3, -0.25) is 0 Å². The second kappa shape index (κ2) is 7.08. The van der Waals surface area contributed by atoms with Crippen molar-refractivity contribution in [2.24, 2.45) is 0 Å². The monoisotopic (exact) mass is 359 g/mol. The van der Waals surface area contributed by atoms with Crippen LogP contribution in [0.25, 0.3) is 0 Å². The van der Waals surface area contributed by atoms with Gasteiger partial charge in [-0.25, -0.2) is 18.0 Å². The molecule has 0 aromatic heterocycles. The Kier molecular flexibility index (Phi) is 5.83. The summed E-state index contributed by atoms with van der Waals surface area (Å²) in [6.45, 7) is 5.74. The number of amides is 1. The molecule has 0 bridgehead atoms. The standard InChI is InChI=1S/C15H21NO7S/c1-10(13(17)18)16(14(19)23-15(2,3)4)24(20,21)12-8-6-11(22-5)7-9-12/h6-10H,1-5H3,(H,17,18). The Balaban J connectivity index is 3.35. The number of carboxylic acid groups (broad SMARTS) is 1. The van der Waals surface area contributed by atoms with Crippen molar-refractivity contribution >= 4 is 22.1 Å². The van der Waals surface area contributed by atoms with Crippen LogP contribution in [0.5, 0.6) is 5.75 Å². The molecule has 0 aliphatic carbocycles. The highest BCUT2D eigenvalue weighted by atomic mass is 32.2. The van der Waals surface area contributed by atoms with Gasteiger partial charge in [-0.2, -0.15) is 4.31 Å². The van der Waals surface area contributed by atoms with E-state index < -0.39 is 33.7 Å². The summed E-state index contributed by atoms with van der Waals surface area (Å²) in [6, 6.07) is 3.60. The van der Waals surface area contributed by atoms with Gasteiger partial charge in [-0.05, 0) is 52.0 Å². The van der Waals surface area contributed by atoms with Gasteiger partial charge in [-0.1, -0.05) is 0 Å². The molecule has 1 amide bonds. The van der Waals surface area contributed by atoms with E-state index >= 15 is 0 Å². The van der Waals surface area contributed by atoms with E-state index in [-0.39, 0.29) is 9.20 Å².